The largest absolute Gasteiger partial charge is 0.381 e. The summed E-state index contributed by atoms with van der Waals surface area (Å²) in [5.74, 6) is 0.487. The summed E-state index contributed by atoms with van der Waals surface area (Å²) in [6.45, 7) is 1.74. The number of ether oxygens (including phenoxy) is 1. The van der Waals surface area contributed by atoms with E-state index in [1.165, 1.54) is 6.20 Å². The minimum atomic E-state index is -2.42. The smallest absolute Gasteiger partial charge is 0.177 e. The third-order valence-electron chi connectivity index (χ3n) is 3.69. The van der Waals surface area contributed by atoms with Crippen LogP contribution in [0.2, 0.25) is 1.41 Å². The summed E-state index contributed by atoms with van der Waals surface area (Å²) >= 11 is 3.27. The van der Waals surface area contributed by atoms with E-state index in [9.17, 15) is 0 Å². The molecule has 1 aliphatic heterocycles. The summed E-state index contributed by atoms with van der Waals surface area (Å²) in [5, 5.41) is 0.685. The van der Waals surface area contributed by atoms with E-state index < -0.39 is 13.5 Å². The summed E-state index contributed by atoms with van der Waals surface area (Å²) < 4.78 is 51.8. The van der Waals surface area contributed by atoms with Crippen molar-refractivity contribution in [1.29, 1.82) is 0 Å². The topological polar surface area (TPSA) is 50.3 Å². The number of hydrogen-bond acceptors (Lipinski definition) is 5. The Labute approximate surface area is 136 Å². The van der Waals surface area contributed by atoms with Crippen LogP contribution in [0.4, 0.5) is 11.6 Å². The van der Waals surface area contributed by atoms with E-state index in [-0.39, 0.29) is 23.7 Å². The van der Waals surface area contributed by atoms with Crippen molar-refractivity contribution < 1.29 is 13.0 Å². The van der Waals surface area contributed by atoms with Crippen LogP contribution in [0.25, 0.3) is 0 Å². The number of hydrogen-bond donors (Lipinski definition) is 1. The lowest BCUT2D eigenvalue weighted by Crippen LogP contribution is -2.43. The number of nitrogens with one attached hydrogen (secondary N) is 1. The van der Waals surface area contributed by atoms with Crippen molar-refractivity contribution in [1.82, 2.24) is 9.97 Å². The summed E-state index contributed by atoms with van der Waals surface area (Å²) in [4.78, 5) is 10.2. The van der Waals surface area contributed by atoms with Crippen LogP contribution in [0.1, 0.15) is 32.5 Å². The Bertz CT molecular complexity index is 707. The Morgan fingerprint density at radius 2 is 2.40 bits per heavy atom. The van der Waals surface area contributed by atoms with E-state index in [1.807, 2.05) is 0 Å². The van der Waals surface area contributed by atoms with Gasteiger partial charge in [-0.3, -0.25) is 0 Å². The Kier molecular flexibility index (Phi) is 2.37. The van der Waals surface area contributed by atoms with Gasteiger partial charge in [-0.25, -0.2) is 9.97 Å². The van der Waals surface area contributed by atoms with Gasteiger partial charge < -0.3 is 14.9 Å². The second-order valence-electron chi connectivity index (χ2n) is 4.93. The van der Waals surface area contributed by atoms with Crippen LogP contribution < -0.4 is 10.2 Å². The first-order chi connectivity index (χ1) is 12.0. The van der Waals surface area contributed by atoms with Gasteiger partial charge >= 0.3 is 0 Å². The second-order valence-corrected chi connectivity index (χ2v) is 5.74. The third-order valence-corrected chi connectivity index (χ3v) is 4.07. The van der Waals surface area contributed by atoms with E-state index in [0.717, 1.165) is 0 Å². The number of fused-ring (bicyclic) bond motifs is 1. The van der Waals surface area contributed by atoms with Gasteiger partial charge in [-0.1, -0.05) is 6.58 Å². The fourth-order valence-electron chi connectivity index (χ4n) is 2.71. The summed E-state index contributed by atoms with van der Waals surface area (Å²) in [7, 11) is -2.42. The van der Waals surface area contributed by atoms with E-state index in [2.05, 4.69) is 32.5 Å². The molecular formula is C14H19BrN4O. The van der Waals surface area contributed by atoms with Gasteiger partial charge in [-0.15, -0.1) is 0 Å². The number of halogens is 1. The number of rotatable bonds is 2. The van der Waals surface area contributed by atoms with E-state index in [1.54, 1.807) is 4.90 Å². The molecule has 0 amide bonds. The van der Waals surface area contributed by atoms with E-state index in [0.29, 0.717) is 41.4 Å². The van der Waals surface area contributed by atoms with Gasteiger partial charge in [0.15, 0.2) is 13.0 Å². The normalized spacial score (nSPS) is 34.1. The number of methoxy groups -OCH3 is 1. The molecule has 0 bridgehead atoms. The van der Waals surface area contributed by atoms with Crippen molar-refractivity contribution in [2.24, 2.45) is 0 Å². The highest BCUT2D eigenvalue weighted by Crippen LogP contribution is 2.36. The highest BCUT2D eigenvalue weighted by molar-refractivity contribution is 9.10. The zero-order valence-electron chi connectivity index (χ0n) is 16.8. The zero-order chi connectivity index (χ0) is 19.3. The number of aromatic nitrogens is 2. The molecular weight excluding hydrogens is 320 g/mol. The third kappa shape index (κ3) is 2.54. The lowest BCUT2D eigenvalue weighted by molar-refractivity contribution is 0.0660. The first-order valence-corrected chi connectivity index (χ1v) is 7.28. The van der Waals surface area contributed by atoms with Crippen molar-refractivity contribution in [3.63, 3.8) is 0 Å². The molecule has 1 fully saturated rings. The van der Waals surface area contributed by atoms with Crippen LogP contribution in [0, 0.1) is 0 Å². The van der Waals surface area contributed by atoms with Gasteiger partial charge in [0.25, 0.3) is 0 Å². The van der Waals surface area contributed by atoms with Crippen molar-refractivity contribution in [2.45, 2.75) is 37.8 Å². The molecule has 0 atom stereocenters. The van der Waals surface area contributed by atoms with Crippen LogP contribution in [0.3, 0.4) is 0 Å². The Balaban J connectivity index is 1.87. The second kappa shape index (κ2) is 5.69. The Morgan fingerprint density at radius 1 is 1.60 bits per heavy atom. The molecule has 108 valence electrons. The maximum Gasteiger partial charge on any atom is 0.177 e. The molecule has 0 aromatic carbocycles. The van der Waals surface area contributed by atoms with Gasteiger partial charge in [-0.2, -0.15) is 0 Å². The van der Waals surface area contributed by atoms with Crippen LogP contribution in [0.15, 0.2) is 23.1 Å². The van der Waals surface area contributed by atoms with Gasteiger partial charge in [0.05, 0.1) is 25.7 Å². The molecule has 1 N–H and O–H groups in total. The summed E-state index contributed by atoms with van der Waals surface area (Å²) in [5.41, 5.74) is 0.118. The van der Waals surface area contributed by atoms with Gasteiger partial charge in [0.1, 0.15) is 4.60 Å². The van der Waals surface area contributed by atoms with Gasteiger partial charge in [0.2, 0.25) is 0 Å². The quantitative estimate of drug-likeness (QED) is 0.893. The molecule has 20 heavy (non-hydrogen) atoms. The van der Waals surface area contributed by atoms with E-state index >= 15 is 0 Å². The number of nitrogens with zero attached hydrogens (tertiary/aromatic N) is 3. The first kappa shape index (κ1) is 8.34. The van der Waals surface area contributed by atoms with Crippen molar-refractivity contribution >= 4 is 27.6 Å². The predicted octanol–water partition coefficient (Wildman–Crippen LogP) is 2.94. The van der Waals surface area contributed by atoms with Crippen molar-refractivity contribution in [3.8, 4) is 0 Å². The SMILES string of the molecule is [2H]N1c2ncc(Br)nc2N([C@H]2CC[C@H](OC([2H])([2H])[2H])CC2)C(=C)C1([2H])[2H]. The fourth-order valence-corrected chi connectivity index (χ4v) is 2.98. The summed E-state index contributed by atoms with van der Waals surface area (Å²) in [6, 6.07) is -0.120. The fraction of sp³-hybridized carbons (Fsp3) is 0.571. The molecule has 6 heteroatoms. The molecule has 1 saturated carbocycles. The van der Waals surface area contributed by atoms with Crippen molar-refractivity contribution in [2.75, 3.05) is 23.7 Å². The first-order valence-electron chi connectivity index (χ1n) is 9.43. The molecule has 1 aromatic rings. The maximum absolute atomic E-state index is 8.21. The lowest BCUT2D eigenvalue weighted by atomic mass is 9.91. The average Bonchev–Trinajstić information content (AvgIpc) is 2.53. The van der Waals surface area contributed by atoms with Crippen molar-refractivity contribution in [3.05, 3.63) is 23.1 Å². The van der Waals surface area contributed by atoms with Gasteiger partial charge in [-0.05, 0) is 41.6 Å². The highest BCUT2D eigenvalue weighted by atomic mass is 79.9. The lowest BCUT2D eigenvalue weighted by Gasteiger charge is -2.41. The molecule has 2 aliphatic rings. The molecule has 0 radical (unpaired) electrons. The maximum atomic E-state index is 8.21. The van der Waals surface area contributed by atoms with Crippen LogP contribution in [0.5, 0.6) is 0 Å². The Morgan fingerprint density at radius 3 is 3.15 bits per heavy atom. The molecule has 5 nitrogen and oxygen atoms in total. The molecule has 1 aromatic heterocycles. The minimum absolute atomic E-state index is 0.117. The predicted molar refractivity (Wildman–Crippen MR) is 82.9 cm³/mol. The molecule has 0 saturated heterocycles. The molecule has 3 rings (SSSR count). The van der Waals surface area contributed by atoms with Crippen LogP contribution >= 0.6 is 15.9 Å². The standard InChI is InChI=1S/C14H19BrN4O/c1-9-7-16-13-14(18-12(15)8-17-13)19(9)10-3-5-11(20-2)6-4-10/h8,10-11H,1,3-7H2,2H3,(H,16,17)/t10-,11-/i2D3,7D2/hD. The van der Waals surface area contributed by atoms with Gasteiger partial charge in [0, 0.05) is 18.8 Å². The van der Waals surface area contributed by atoms with Crippen LogP contribution in [-0.4, -0.2) is 35.6 Å². The van der Waals surface area contributed by atoms with E-state index in [4.69, 9.17) is 13.0 Å². The molecule has 1 aliphatic carbocycles. The zero-order valence-corrected chi connectivity index (χ0v) is 12.4. The van der Waals surface area contributed by atoms with Crippen LogP contribution in [-0.2, 0) is 4.74 Å². The highest BCUT2D eigenvalue weighted by Gasteiger charge is 2.32. The number of anilines is 2. The molecule has 0 unspecified atom stereocenters. The average molecular weight is 345 g/mol. The monoisotopic (exact) mass is 344 g/mol. The molecule has 0 spiro atoms. The minimum Gasteiger partial charge on any atom is -0.381 e. The Hall–Kier alpha value is -1.14. The molecule has 2 heterocycles. The summed E-state index contributed by atoms with van der Waals surface area (Å²) in [6.07, 6.45) is 3.34.